The first-order valence-corrected chi connectivity index (χ1v) is 9.21. The van der Waals surface area contributed by atoms with Crippen molar-refractivity contribution in [3.05, 3.63) is 58.1 Å². The van der Waals surface area contributed by atoms with Crippen molar-refractivity contribution in [1.29, 1.82) is 0 Å². The molecule has 2 rings (SSSR count). The smallest absolute Gasteiger partial charge is 0.306 e. The van der Waals surface area contributed by atoms with E-state index in [1.807, 2.05) is 32.9 Å². The third-order valence-corrected chi connectivity index (χ3v) is 4.57. The predicted molar refractivity (Wildman–Crippen MR) is 110 cm³/mol. The molecule has 2 N–H and O–H groups in total. The zero-order chi connectivity index (χ0) is 20.7. The zero-order valence-corrected chi connectivity index (χ0v) is 16.9. The molecule has 148 valence electrons. The number of carbonyl (C=O) groups excluding carboxylic acids is 3. The summed E-state index contributed by atoms with van der Waals surface area (Å²) in [5.41, 5.74) is 4.27. The molecule has 0 aliphatic heterocycles. The van der Waals surface area contributed by atoms with E-state index in [2.05, 4.69) is 10.6 Å². The van der Waals surface area contributed by atoms with Gasteiger partial charge in [0.2, 0.25) is 5.91 Å². The van der Waals surface area contributed by atoms with E-state index in [4.69, 9.17) is 16.3 Å². The van der Waals surface area contributed by atoms with Crippen molar-refractivity contribution in [3.63, 3.8) is 0 Å². The van der Waals surface area contributed by atoms with Gasteiger partial charge in [0.1, 0.15) is 0 Å². The molecule has 0 spiro atoms. The van der Waals surface area contributed by atoms with Gasteiger partial charge in [0.25, 0.3) is 5.91 Å². The van der Waals surface area contributed by atoms with Gasteiger partial charge in [-0.25, -0.2) is 0 Å². The van der Waals surface area contributed by atoms with Crippen molar-refractivity contribution in [2.75, 3.05) is 17.2 Å². The summed E-state index contributed by atoms with van der Waals surface area (Å²) in [7, 11) is 0. The fourth-order valence-corrected chi connectivity index (χ4v) is 2.52. The maximum atomic E-state index is 11.9. The first-order chi connectivity index (χ1) is 13.2. The molecule has 0 bridgehead atoms. The van der Waals surface area contributed by atoms with Gasteiger partial charge in [-0.3, -0.25) is 14.4 Å². The van der Waals surface area contributed by atoms with Gasteiger partial charge < -0.3 is 15.4 Å². The lowest BCUT2D eigenvalue weighted by atomic mass is 10.1. The second kappa shape index (κ2) is 9.90. The number of aryl methyl sites for hydroxylation is 3. The lowest BCUT2D eigenvalue weighted by Crippen LogP contribution is -2.21. The minimum Gasteiger partial charge on any atom is -0.456 e. The number of benzene rings is 2. The normalized spacial score (nSPS) is 10.3. The highest BCUT2D eigenvalue weighted by molar-refractivity contribution is 6.31. The Morgan fingerprint density at radius 2 is 1.43 bits per heavy atom. The second-order valence-electron chi connectivity index (χ2n) is 6.52. The largest absolute Gasteiger partial charge is 0.456 e. The summed E-state index contributed by atoms with van der Waals surface area (Å²) in [5, 5.41) is 5.88. The van der Waals surface area contributed by atoms with Gasteiger partial charge in [-0.15, -0.1) is 0 Å². The van der Waals surface area contributed by atoms with E-state index < -0.39 is 18.5 Å². The molecule has 2 aromatic rings. The fraction of sp³-hybridized carbons (Fsp3) is 0.286. The zero-order valence-electron chi connectivity index (χ0n) is 16.1. The number of ether oxygens (including phenoxy) is 1. The van der Waals surface area contributed by atoms with Gasteiger partial charge in [0, 0.05) is 22.8 Å². The van der Waals surface area contributed by atoms with E-state index in [0.29, 0.717) is 16.4 Å². The number of esters is 1. The highest BCUT2D eigenvalue weighted by atomic mass is 35.5. The van der Waals surface area contributed by atoms with Crippen LogP contribution in [0.15, 0.2) is 36.4 Å². The van der Waals surface area contributed by atoms with E-state index in [9.17, 15) is 14.4 Å². The van der Waals surface area contributed by atoms with E-state index in [1.54, 1.807) is 24.3 Å². The monoisotopic (exact) mass is 402 g/mol. The summed E-state index contributed by atoms with van der Waals surface area (Å²) in [4.78, 5) is 35.5. The third kappa shape index (κ3) is 6.70. The topological polar surface area (TPSA) is 84.5 Å². The summed E-state index contributed by atoms with van der Waals surface area (Å²) in [6, 6.07) is 10.7. The number of carbonyl (C=O) groups is 3. The molecular formula is C21H23ClN2O4. The number of hydrogen-bond donors (Lipinski definition) is 2. The van der Waals surface area contributed by atoms with E-state index >= 15 is 0 Å². The molecule has 0 aliphatic carbocycles. The Labute approximate surface area is 169 Å². The Hall–Kier alpha value is -2.86. The highest BCUT2D eigenvalue weighted by Crippen LogP contribution is 2.20. The molecular weight excluding hydrogens is 380 g/mol. The van der Waals surface area contributed by atoms with Crippen molar-refractivity contribution in [2.24, 2.45) is 0 Å². The number of halogens is 1. The summed E-state index contributed by atoms with van der Waals surface area (Å²) in [6.45, 7) is 5.38. The maximum absolute atomic E-state index is 11.9. The summed E-state index contributed by atoms with van der Waals surface area (Å²) >= 11 is 6.01. The van der Waals surface area contributed by atoms with Gasteiger partial charge >= 0.3 is 5.97 Å². The number of anilines is 2. The molecule has 0 heterocycles. The molecule has 7 heteroatoms. The Bertz CT molecular complexity index is 824. The fourth-order valence-electron chi connectivity index (χ4n) is 2.34. The molecule has 28 heavy (non-hydrogen) atoms. The van der Waals surface area contributed by atoms with Crippen LogP contribution in [0.5, 0.6) is 0 Å². The molecule has 0 radical (unpaired) electrons. The molecule has 0 aliphatic rings. The van der Waals surface area contributed by atoms with Crippen LogP contribution in [-0.2, 0) is 19.1 Å². The van der Waals surface area contributed by atoms with Crippen LogP contribution >= 0.6 is 11.6 Å². The Morgan fingerprint density at radius 3 is 2.07 bits per heavy atom. The first-order valence-electron chi connectivity index (χ1n) is 8.83. The van der Waals surface area contributed by atoms with Crippen molar-refractivity contribution in [1.82, 2.24) is 0 Å². The second-order valence-corrected chi connectivity index (χ2v) is 6.93. The average molecular weight is 403 g/mol. The van der Waals surface area contributed by atoms with Gasteiger partial charge in [-0.2, -0.15) is 0 Å². The molecule has 2 aromatic carbocycles. The number of amides is 2. The van der Waals surface area contributed by atoms with Crippen LogP contribution in [0.3, 0.4) is 0 Å². The van der Waals surface area contributed by atoms with Crippen LogP contribution in [0.1, 0.15) is 29.5 Å². The summed E-state index contributed by atoms with van der Waals surface area (Å²) < 4.78 is 4.91. The van der Waals surface area contributed by atoms with Crippen molar-refractivity contribution in [2.45, 2.75) is 33.6 Å². The lowest BCUT2D eigenvalue weighted by Gasteiger charge is -2.09. The third-order valence-electron chi connectivity index (χ3n) is 4.17. The van der Waals surface area contributed by atoms with Crippen LogP contribution < -0.4 is 10.6 Å². The minimum atomic E-state index is -0.618. The van der Waals surface area contributed by atoms with Crippen LogP contribution in [0.25, 0.3) is 0 Å². The van der Waals surface area contributed by atoms with Gasteiger partial charge in [0.05, 0.1) is 6.42 Å². The lowest BCUT2D eigenvalue weighted by molar-refractivity contribution is -0.147. The SMILES string of the molecule is Cc1ccc(NC(=O)COC(=O)CCC(=O)Nc2ccc(C)c(Cl)c2)cc1C. The Balaban J connectivity index is 1.71. The number of nitrogens with one attached hydrogen (secondary N) is 2. The summed E-state index contributed by atoms with van der Waals surface area (Å²) in [5.74, 6) is -1.39. The Kier molecular flexibility index (Phi) is 7.58. The minimum absolute atomic E-state index is 0.0525. The molecule has 0 fully saturated rings. The van der Waals surface area contributed by atoms with E-state index in [-0.39, 0.29) is 18.7 Å². The molecule has 0 saturated carbocycles. The van der Waals surface area contributed by atoms with Crippen LogP contribution in [0.4, 0.5) is 11.4 Å². The molecule has 2 amide bonds. The molecule has 6 nitrogen and oxygen atoms in total. The number of rotatable bonds is 7. The van der Waals surface area contributed by atoms with Gasteiger partial charge in [-0.1, -0.05) is 23.7 Å². The average Bonchev–Trinajstić information content (AvgIpc) is 2.64. The summed E-state index contributed by atoms with van der Waals surface area (Å²) in [6.07, 6.45) is -0.175. The highest BCUT2D eigenvalue weighted by Gasteiger charge is 2.11. The Morgan fingerprint density at radius 1 is 0.821 bits per heavy atom. The van der Waals surface area contributed by atoms with Gasteiger partial charge in [0.15, 0.2) is 6.61 Å². The standard InChI is InChI=1S/C21H23ClN2O4/c1-13-4-6-16(10-15(13)3)24-20(26)12-28-21(27)9-8-19(25)23-17-7-5-14(2)18(22)11-17/h4-7,10-11H,8-9,12H2,1-3H3,(H,23,25)(H,24,26). The van der Waals surface area contributed by atoms with Crippen molar-refractivity contribution >= 4 is 40.8 Å². The maximum Gasteiger partial charge on any atom is 0.306 e. The van der Waals surface area contributed by atoms with E-state index in [1.165, 1.54) is 0 Å². The molecule has 0 saturated heterocycles. The number of hydrogen-bond acceptors (Lipinski definition) is 4. The van der Waals surface area contributed by atoms with Crippen molar-refractivity contribution in [3.8, 4) is 0 Å². The molecule has 0 atom stereocenters. The quantitative estimate of drug-likeness (QED) is 0.681. The van der Waals surface area contributed by atoms with Crippen molar-refractivity contribution < 1.29 is 19.1 Å². The molecule has 0 unspecified atom stereocenters. The van der Waals surface area contributed by atoms with Crippen LogP contribution in [-0.4, -0.2) is 24.4 Å². The first kappa shape index (κ1) is 21.4. The van der Waals surface area contributed by atoms with E-state index in [0.717, 1.165) is 16.7 Å². The van der Waals surface area contributed by atoms with Crippen LogP contribution in [0.2, 0.25) is 5.02 Å². The van der Waals surface area contributed by atoms with Crippen LogP contribution in [0, 0.1) is 20.8 Å². The predicted octanol–water partition coefficient (Wildman–Crippen LogP) is 4.17. The molecule has 0 aromatic heterocycles. The van der Waals surface area contributed by atoms with Gasteiger partial charge in [-0.05, 0) is 61.7 Å².